The van der Waals surface area contributed by atoms with Crippen molar-refractivity contribution in [2.24, 2.45) is 0 Å². The fraction of sp³-hybridized carbons (Fsp3) is 0.200. The van der Waals surface area contributed by atoms with E-state index in [0.29, 0.717) is 16.0 Å². The van der Waals surface area contributed by atoms with E-state index in [1.165, 1.54) is 11.3 Å². The Morgan fingerprint density at radius 1 is 1.50 bits per heavy atom. The summed E-state index contributed by atoms with van der Waals surface area (Å²) in [4.78, 5) is 0.579. The number of halogens is 2. The van der Waals surface area contributed by atoms with Crippen LogP contribution in [0.2, 0.25) is 0 Å². The van der Waals surface area contributed by atoms with Gasteiger partial charge in [-0.3, -0.25) is 0 Å². The Morgan fingerprint density at radius 2 is 2.29 bits per heavy atom. The van der Waals surface area contributed by atoms with E-state index in [9.17, 15) is 4.39 Å². The average Bonchev–Trinajstić information content (AvgIpc) is 2.55. The Labute approximate surface area is 90.1 Å². The van der Waals surface area contributed by atoms with Gasteiger partial charge < -0.3 is 4.74 Å². The third-order valence-electron chi connectivity index (χ3n) is 2.02. The third-order valence-corrected chi connectivity index (χ3v) is 3.59. The second-order valence-corrected chi connectivity index (χ2v) is 4.24. The summed E-state index contributed by atoms with van der Waals surface area (Å²) in [5, 5.41) is 0.588. The molecule has 0 fully saturated rings. The molecule has 1 heterocycles. The molecule has 2 rings (SSSR count). The molecule has 14 heavy (non-hydrogen) atoms. The van der Waals surface area contributed by atoms with E-state index in [0.717, 1.165) is 4.70 Å². The van der Waals surface area contributed by atoms with E-state index in [4.69, 9.17) is 16.3 Å². The maximum atomic E-state index is 13.6. The minimum atomic E-state index is -0.223. The number of hydrogen-bond donors (Lipinski definition) is 0. The monoisotopic (exact) mass is 230 g/mol. The third kappa shape index (κ3) is 1.47. The van der Waals surface area contributed by atoms with Crippen molar-refractivity contribution in [2.75, 3.05) is 7.11 Å². The summed E-state index contributed by atoms with van der Waals surface area (Å²) in [6.45, 7) is 0. The van der Waals surface area contributed by atoms with Gasteiger partial charge in [0.05, 0.1) is 17.9 Å². The zero-order valence-electron chi connectivity index (χ0n) is 7.51. The molecule has 1 nitrogen and oxygen atoms in total. The lowest BCUT2D eigenvalue weighted by atomic mass is 10.2. The van der Waals surface area contributed by atoms with Gasteiger partial charge in [-0.1, -0.05) is 0 Å². The van der Waals surface area contributed by atoms with Crippen molar-refractivity contribution in [3.8, 4) is 5.75 Å². The summed E-state index contributed by atoms with van der Waals surface area (Å²) in [5.41, 5.74) is 0. The number of rotatable bonds is 2. The van der Waals surface area contributed by atoms with Gasteiger partial charge >= 0.3 is 0 Å². The zero-order chi connectivity index (χ0) is 10.1. The van der Waals surface area contributed by atoms with E-state index in [2.05, 4.69) is 0 Å². The van der Waals surface area contributed by atoms with Crippen molar-refractivity contribution in [3.63, 3.8) is 0 Å². The zero-order valence-corrected chi connectivity index (χ0v) is 9.08. The van der Waals surface area contributed by atoms with Gasteiger partial charge in [-0.25, -0.2) is 4.39 Å². The van der Waals surface area contributed by atoms with Gasteiger partial charge in [0.2, 0.25) is 0 Å². The molecule has 0 saturated heterocycles. The number of thiophene rings is 1. The largest absolute Gasteiger partial charge is 0.497 e. The predicted octanol–water partition coefficient (Wildman–Crippen LogP) is 3.79. The molecular formula is C10H8ClFOS. The quantitative estimate of drug-likeness (QED) is 0.714. The summed E-state index contributed by atoms with van der Waals surface area (Å²) >= 11 is 7.00. The van der Waals surface area contributed by atoms with Gasteiger partial charge in [-0.05, 0) is 18.2 Å². The van der Waals surface area contributed by atoms with Gasteiger partial charge in [0, 0.05) is 10.1 Å². The van der Waals surface area contributed by atoms with Crippen LogP contribution < -0.4 is 4.74 Å². The highest BCUT2D eigenvalue weighted by atomic mass is 35.5. The fourth-order valence-electron chi connectivity index (χ4n) is 1.31. The van der Waals surface area contributed by atoms with Gasteiger partial charge in [0.25, 0.3) is 0 Å². The van der Waals surface area contributed by atoms with Crippen LogP contribution in [0.4, 0.5) is 4.39 Å². The molecule has 0 atom stereocenters. The topological polar surface area (TPSA) is 9.23 Å². The first-order valence-corrected chi connectivity index (χ1v) is 5.42. The normalized spacial score (nSPS) is 10.8. The minimum absolute atomic E-state index is 0.216. The van der Waals surface area contributed by atoms with Crippen molar-refractivity contribution in [2.45, 2.75) is 5.88 Å². The molecule has 0 aliphatic rings. The summed E-state index contributed by atoms with van der Waals surface area (Å²) in [5.74, 6) is 0.655. The molecule has 1 aromatic carbocycles. The van der Waals surface area contributed by atoms with Gasteiger partial charge in [-0.15, -0.1) is 22.9 Å². The number of methoxy groups -OCH3 is 1. The number of benzene rings is 1. The predicted molar refractivity (Wildman–Crippen MR) is 57.9 cm³/mol. The Hall–Kier alpha value is -0.800. The van der Waals surface area contributed by atoms with Crippen molar-refractivity contribution in [1.29, 1.82) is 0 Å². The van der Waals surface area contributed by atoms with Crippen molar-refractivity contribution in [3.05, 3.63) is 28.9 Å². The van der Waals surface area contributed by atoms with Gasteiger partial charge in [0.15, 0.2) is 0 Å². The van der Waals surface area contributed by atoms with Crippen LogP contribution in [0, 0.1) is 5.82 Å². The van der Waals surface area contributed by atoms with Crippen LogP contribution in [0.3, 0.4) is 0 Å². The molecule has 74 valence electrons. The van der Waals surface area contributed by atoms with Crippen molar-refractivity contribution >= 4 is 33.0 Å². The summed E-state index contributed by atoms with van der Waals surface area (Å²) < 4.78 is 19.5. The smallest absolute Gasteiger partial charge is 0.146 e. The number of ether oxygens (including phenoxy) is 1. The average molecular weight is 231 g/mol. The van der Waals surface area contributed by atoms with Crippen LogP contribution in [-0.4, -0.2) is 7.11 Å². The van der Waals surface area contributed by atoms with E-state index in [-0.39, 0.29) is 11.7 Å². The fourth-order valence-corrected chi connectivity index (χ4v) is 2.51. The van der Waals surface area contributed by atoms with E-state index in [1.807, 2.05) is 12.1 Å². The molecule has 1 aromatic heterocycles. The Balaban J connectivity index is 2.68. The lowest BCUT2D eigenvalue weighted by molar-refractivity contribution is 0.415. The number of fused-ring (bicyclic) bond motifs is 1. The van der Waals surface area contributed by atoms with Crippen LogP contribution >= 0.6 is 22.9 Å². The first kappa shape index (κ1) is 9.74. The van der Waals surface area contributed by atoms with Crippen LogP contribution in [0.25, 0.3) is 10.1 Å². The van der Waals surface area contributed by atoms with Crippen LogP contribution in [0.5, 0.6) is 5.75 Å². The maximum Gasteiger partial charge on any atom is 0.146 e. The van der Waals surface area contributed by atoms with E-state index < -0.39 is 0 Å². The minimum Gasteiger partial charge on any atom is -0.497 e. The molecule has 0 aliphatic heterocycles. The molecule has 0 N–H and O–H groups in total. The highest BCUT2D eigenvalue weighted by Gasteiger charge is 2.11. The maximum absolute atomic E-state index is 13.6. The molecule has 2 aromatic rings. The van der Waals surface area contributed by atoms with Crippen LogP contribution in [-0.2, 0) is 5.88 Å². The Morgan fingerprint density at radius 3 is 2.93 bits per heavy atom. The second-order valence-electron chi connectivity index (χ2n) is 2.83. The lowest BCUT2D eigenvalue weighted by Gasteiger charge is -1.97. The van der Waals surface area contributed by atoms with Crippen molar-refractivity contribution < 1.29 is 9.13 Å². The summed E-state index contributed by atoms with van der Waals surface area (Å²) in [6, 6.07) is 5.35. The molecule has 0 spiro atoms. The first-order valence-electron chi connectivity index (χ1n) is 4.07. The van der Waals surface area contributed by atoms with Gasteiger partial charge in [0.1, 0.15) is 11.6 Å². The highest BCUT2D eigenvalue weighted by molar-refractivity contribution is 7.19. The molecule has 0 saturated carbocycles. The summed E-state index contributed by atoms with van der Waals surface area (Å²) in [7, 11) is 1.56. The molecule has 0 aliphatic carbocycles. The highest BCUT2D eigenvalue weighted by Crippen LogP contribution is 2.33. The Kier molecular flexibility index (Phi) is 2.61. The van der Waals surface area contributed by atoms with Crippen molar-refractivity contribution in [1.82, 2.24) is 0 Å². The molecule has 4 heteroatoms. The second kappa shape index (κ2) is 3.75. The summed E-state index contributed by atoms with van der Waals surface area (Å²) in [6.07, 6.45) is 0. The lowest BCUT2D eigenvalue weighted by Crippen LogP contribution is -1.81. The molecular weight excluding hydrogens is 223 g/mol. The van der Waals surface area contributed by atoms with Gasteiger partial charge in [-0.2, -0.15) is 0 Å². The molecule has 0 bridgehead atoms. The van der Waals surface area contributed by atoms with Crippen LogP contribution in [0.1, 0.15) is 4.88 Å². The number of hydrogen-bond acceptors (Lipinski definition) is 2. The Bertz CT molecular complexity index is 466. The van der Waals surface area contributed by atoms with E-state index in [1.54, 1.807) is 13.2 Å². The molecule has 0 amide bonds. The first-order chi connectivity index (χ1) is 6.76. The van der Waals surface area contributed by atoms with Crippen LogP contribution in [0.15, 0.2) is 18.2 Å². The standard InChI is InChI=1S/C10H8ClFOS/c1-13-6-2-3-8-7(4-6)10(12)9(5-11)14-8/h2-4H,5H2,1H3. The van der Waals surface area contributed by atoms with E-state index >= 15 is 0 Å². The number of alkyl halides is 1. The SMILES string of the molecule is COc1ccc2sc(CCl)c(F)c2c1. The molecule has 0 radical (unpaired) electrons. The molecule has 0 unspecified atom stereocenters.